The first kappa shape index (κ1) is 12.9. The molecule has 0 amide bonds. The van der Waals surface area contributed by atoms with Gasteiger partial charge in [0.25, 0.3) is 0 Å². The van der Waals surface area contributed by atoms with Crippen LogP contribution in [0.25, 0.3) is 0 Å². The van der Waals surface area contributed by atoms with Crippen LogP contribution < -0.4 is 10.2 Å². The fourth-order valence-corrected chi connectivity index (χ4v) is 3.01. The molecular weight excluding hydrogens is 234 g/mol. The molecule has 1 aromatic rings. The SMILES string of the molecule is CC(C)c1cnc(N2CCN[C@H](C)C2)cc1C1CC1. The summed E-state index contributed by atoms with van der Waals surface area (Å²) in [5.41, 5.74) is 3.01. The van der Waals surface area contributed by atoms with E-state index in [1.54, 1.807) is 5.56 Å². The molecule has 1 saturated carbocycles. The van der Waals surface area contributed by atoms with Gasteiger partial charge in [0.2, 0.25) is 0 Å². The van der Waals surface area contributed by atoms with Crippen LogP contribution in [-0.4, -0.2) is 30.7 Å². The van der Waals surface area contributed by atoms with Gasteiger partial charge in [0.1, 0.15) is 5.82 Å². The lowest BCUT2D eigenvalue weighted by atomic mass is 9.96. The Hall–Kier alpha value is -1.09. The molecule has 2 fully saturated rings. The van der Waals surface area contributed by atoms with Gasteiger partial charge in [0.15, 0.2) is 0 Å². The number of rotatable bonds is 3. The Bertz CT molecular complexity index is 451. The molecule has 1 N–H and O–H groups in total. The Morgan fingerprint density at radius 3 is 2.79 bits per heavy atom. The van der Waals surface area contributed by atoms with Crippen molar-refractivity contribution in [2.75, 3.05) is 24.5 Å². The van der Waals surface area contributed by atoms with Crippen molar-refractivity contribution in [1.29, 1.82) is 0 Å². The third-order valence-electron chi connectivity index (χ3n) is 4.29. The van der Waals surface area contributed by atoms with Crippen molar-refractivity contribution < 1.29 is 0 Å². The van der Waals surface area contributed by atoms with Crippen molar-refractivity contribution in [3.8, 4) is 0 Å². The van der Waals surface area contributed by atoms with E-state index in [0.717, 1.165) is 25.6 Å². The first-order valence-corrected chi connectivity index (χ1v) is 7.63. The molecule has 0 radical (unpaired) electrons. The molecule has 1 aliphatic heterocycles. The first-order chi connectivity index (χ1) is 9.15. The minimum absolute atomic E-state index is 0.560. The fraction of sp³-hybridized carbons (Fsp3) is 0.688. The molecule has 19 heavy (non-hydrogen) atoms. The lowest BCUT2D eigenvalue weighted by molar-refractivity contribution is 0.482. The highest BCUT2D eigenvalue weighted by molar-refractivity contribution is 5.47. The van der Waals surface area contributed by atoms with Gasteiger partial charge in [-0.05, 0) is 48.8 Å². The van der Waals surface area contributed by atoms with E-state index in [2.05, 4.69) is 43.3 Å². The largest absolute Gasteiger partial charge is 0.354 e. The van der Waals surface area contributed by atoms with Gasteiger partial charge in [-0.15, -0.1) is 0 Å². The van der Waals surface area contributed by atoms with Crippen LogP contribution in [0.5, 0.6) is 0 Å². The predicted molar refractivity (Wildman–Crippen MR) is 80.0 cm³/mol. The Balaban J connectivity index is 1.88. The maximum absolute atomic E-state index is 4.73. The van der Waals surface area contributed by atoms with E-state index in [1.807, 2.05) is 0 Å². The van der Waals surface area contributed by atoms with E-state index in [4.69, 9.17) is 4.98 Å². The Morgan fingerprint density at radius 1 is 1.37 bits per heavy atom. The highest BCUT2D eigenvalue weighted by Gasteiger charge is 2.28. The molecule has 1 aromatic heterocycles. The molecule has 0 bridgehead atoms. The smallest absolute Gasteiger partial charge is 0.128 e. The summed E-state index contributed by atoms with van der Waals surface area (Å²) in [6.45, 7) is 10.00. The molecule has 1 saturated heterocycles. The summed E-state index contributed by atoms with van der Waals surface area (Å²) in [6.07, 6.45) is 4.85. The summed E-state index contributed by atoms with van der Waals surface area (Å²) in [5.74, 6) is 2.57. The van der Waals surface area contributed by atoms with Crippen molar-refractivity contribution in [3.05, 3.63) is 23.4 Å². The highest BCUT2D eigenvalue weighted by Crippen LogP contribution is 2.44. The summed E-state index contributed by atoms with van der Waals surface area (Å²) < 4.78 is 0. The van der Waals surface area contributed by atoms with Gasteiger partial charge in [-0.25, -0.2) is 4.98 Å². The summed E-state index contributed by atoms with van der Waals surface area (Å²) in [6, 6.07) is 2.93. The van der Waals surface area contributed by atoms with Crippen molar-refractivity contribution in [3.63, 3.8) is 0 Å². The maximum atomic E-state index is 4.73. The van der Waals surface area contributed by atoms with Gasteiger partial charge >= 0.3 is 0 Å². The fourth-order valence-electron chi connectivity index (χ4n) is 3.01. The summed E-state index contributed by atoms with van der Waals surface area (Å²) in [7, 11) is 0. The van der Waals surface area contributed by atoms with E-state index >= 15 is 0 Å². The third kappa shape index (κ3) is 2.76. The van der Waals surface area contributed by atoms with Crippen molar-refractivity contribution >= 4 is 5.82 Å². The monoisotopic (exact) mass is 259 g/mol. The molecule has 2 aliphatic rings. The summed E-state index contributed by atoms with van der Waals surface area (Å²) in [5, 5.41) is 3.49. The number of nitrogens with one attached hydrogen (secondary N) is 1. The standard InChI is InChI=1S/C16H25N3/c1-11(2)15-9-18-16(8-14(15)13-4-5-13)19-7-6-17-12(3)10-19/h8-9,11-13,17H,4-7,10H2,1-3H3/t12-/m1/s1. The maximum Gasteiger partial charge on any atom is 0.128 e. The predicted octanol–water partition coefficient (Wildman–Crippen LogP) is 2.88. The lowest BCUT2D eigenvalue weighted by Gasteiger charge is -2.33. The normalized spacial score (nSPS) is 24.0. The van der Waals surface area contributed by atoms with Gasteiger partial charge in [-0.2, -0.15) is 0 Å². The number of nitrogens with zero attached hydrogens (tertiary/aromatic N) is 2. The van der Waals surface area contributed by atoms with Crippen molar-refractivity contribution in [2.45, 2.75) is 51.5 Å². The van der Waals surface area contributed by atoms with Gasteiger partial charge in [-0.1, -0.05) is 13.8 Å². The lowest BCUT2D eigenvalue weighted by Crippen LogP contribution is -2.49. The minimum atomic E-state index is 0.560. The number of piperazine rings is 1. The average Bonchev–Trinajstić information content (AvgIpc) is 3.22. The van der Waals surface area contributed by atoms with Crippen molar-refractivity contribution in [2.24, 2.45) is 0 Å². The molecular formula is C16H25N3. The van der Waals surface area contributed by atoms with Crippen LogP contribution in [0.4, 0.5) is 5.82 Å². The van der Waals surface area contributed by atoms with E-state index in [-0.39, 0.29) is 0 Å². The first-order valence-electron chi connectivity index (χ1n) is 7.63. The number of pyridine rings is 1. The molecule has 1 atom stereocenters. The van der Waals surface area contributed by atoms with Crippen LogP contribution in [0.15, 0.2) is 12.3 Å². The zero-order chi connectivity index (χ0) is 13.4. The van der Waals surface area contributed by atoms with Gasteiger partial charge in [-0.3, -0.25) is 0 Å². The third-order valence-corrected chi connectivity index (χ3v) is 4.29. The Labute approximate surface area is 116 Å². The van der Waals surface area contributed by atoms with Crippen molar-refractivity contribution in [1.82, 2.24) is 10.3 Å². The van der Waals surface area contributed by atoms with E-state index in [9.17, 15) is 0 Å². The van der Waals surface area contributed by atoms with Gasteiger partial charge in [0.05, 0.1) is 0 Å². The summed E-state index contributed by atoms with van der Waals surface area (Å²) in [4.78, 5) is 7.15. The van der Waals surface area contributed by atoms with Crippen LogP contribution in [0, 0.1) is 0 Å². The number of aromatic nitrogens is 1. The van der Waals surface area contributed by atoms with Gasteiger partial charge < -0.3 is 10.2 Å². The van der Waals surface area contributed by atoms with Crippen LogP contribution >= 0.6 is 0 Å². The van der Waals surface area contributed by atoms with Crippen LogP contribution in [-0.2, 0) is 0 Å². The van der Waals surface area contributed by atoms with Gasteiger partial charge in [0, 0.05) is 31.9 Å². The van der Waals surface area contributed by atoms with Crippen LogP contribution in [0.1, 0.15) is 56.6 Å². The van der Waals surface area contributed by atoms with Crippen LogP contribution in [0.2, 0.25) is 0 Å². The molecule has 3 rings (SSSR count). The van der Waals surface area contributed by atoms with E-state index in [0.29, 0.717) is 12.0 Å². The second-order valence-electron chi connectivity index (χ2n) is 6.40. The quantitative estimate of drug-likeness (QED) is 0.904. The molecule has 0 spiro atoms. The minimum Gasteiger partial charge on any atom is -0.354 e. The zero-order valence-corrected chi connectivity index (χ0v) is 12.3. The number of anilines is 1. The molecule has 3 nitrogen and oxygen atoms in total. The Morgan fingerprint density at radius 2 is 2.16 bits per heavy atom. The van der Waals surface area contributed by atoms with Crippen LogP contribution in [0.3, 0.4) is 0 Å². The van der Waals surface area contributed by atoms with E-state index in [1.165, 1.54) is 24.2 Å². The molecule has 0 unspecified atom stereocenters. The molecule has 1 aliphatic carbocycles. The second-order valence-corrected chi connectivity index (χ2v) is 6.40. The molecule has 3 heteroatoms. The topological polar surface area (TPSA) is 28.2 Å². The second kappa shape index (κ2) is 5.12. The average molecular weight is 259 g/mol. The summed E-state index contributed by atoms with van der Waals surface area (Å²) >= 11 is 0. The number of hydrogen-bond acceptors (Lipinski definition) is 3. The highest BCUT2D eigenvalue weighted by atomic mass is 15.2. The Kier molecular flexibility index (Phi) is 3.48. The van der Waals surface area contributed by atoms with E-state index < -0.39 is 0 Å². The number of hydrogen-bond donors (Lipinski definition) is 1. The molecule has 2 heterocycles. The zero-order valence-electron chi connectivity index (χ0n) is 12.3. The molecule has 104 valence electrons. The molecule has 0 aromatic carbocycles.